The Kier molecular flexibility index (Phi) is 3.52. The van der Waals surface area contributed by atoms with Crippen LogP contribution < -0.4 is 0 Å². The molecule has 1 heterocycles. The molecule has 0 radical (unpaired) electrons. The Bertz CT molecular complexity index is 1320. The van der Waals surface area contributed by atoms with Gasteiger partial charge in [0.25, 0.3) is 0 Å². The van der Waals surface area contributed by atoms with Crippen molar-refractivity contribution in [2.45, 2.75) is 0 Å². The van der Waals surface area contributed by atoms with Gasteiger partial charge in [0.2, 0.25) is 0 Å². The zero-order valence-corrected chi connectivity index (χ0v) is 14.6. The maximum atomic E-state index is 9.20. The Balaban J connectivity index is 1.82. The largest absolute Gasteiger partial charge is 0.309 e. The zero-order valence-electron chi connectivity index (χ0n) is 14.6. The second-order valence-electron chi connectivity index (χ2n) is 6.61. The van der Waals surface area contributed by atoms with Gasteiger partial charge in [0.1, 0.15) is 0 Å². The van der Waals surface area contributed by atoms with Crippen LogP contribution in [-0.2, 0) is 0 Å². The van der Waals surface area contributed by atoms with Crippen LogP contribution in [0.2, 0.25) is 0 Å². The SMILES string of the molecule is N#Cc1cccc(-c2ccc3c(c2)c2ccccc2n3-c2ccccc2)c1. The molecule has 0 amide bonds. The molecule has 1 aromatic heterocycles. The van der Waals surface area contributed by atoms with Crippen LogP contribution in [0, 0.1) is 11.3 Å². The van der Waals surface area contributed by atoms with E-state index in [4.69, 9.17) is 0 Å². The third-order valence-corrected chi connectivity index (χ3v) is 5.01. The van der Waals surface area contributed by atoms with Crippen molar-refractivity contribution in [3.63, 3.8) is 0 Å². The number of fused-ring (bicyclic) bond motifs is 3. The van der Waals surface area contributed by atoms with E-state index in [0.29, 0.717) is 5.56 Å². The Labute approximate surface area is 157 Å². The molecule has 0 fully saturated rings. The number of aromatic nitrogens is 1. The van der Waals surface area contributed by atoms with Gasteiger partial charge in [-0.15, -0.1) is 0 Å². The van der Waals surface area contributed by atoms with Crippen molar-refractivity contribution >= 4 is 21.8 Å². The van der Waals surface area contributed by atoms with Crippen molar-refractivity contribution in [3.05, 3.63) is 103 Å². The van der Waals surface area contributed by atoms with Crippen molar-refractivity contribution < 1.29 is 0 Å². The van der Waals surface area contributed by atoms with Crippen molar-refractivity contribution in [2.75, 3.05) is 0 Å². The van der Waals surface area contributed by atoms with Crippen LogP contribution in [0.5, 0.6) is 0 Å². The molecule has 2 heteroatoms. The first-order chi connectivity index (χ1) is 13.3. The number of hydrogen-bond acceptors (Lipinski definition) is 1. The van der Waals surface area contributed by atoms with E-state index < -0.39 is 0 Å². The molecule has 0 atom stereocenters. The minimum atomic E-state index is 0.680. The Morgan fingerprint density at radius 1 is 0.593 bits per heavy atom. The normalized spacial score (nSPS) is 10.9. The van der Waals surface area contributed by atoms with Gasteiger partial charge in [-0.1, -0.05) is 54.6 Å². The fourth-order valence-electron chi connectivity index (χ4n) is 3.78. The number of benzene rings is 4. The molecule has 0 N–H and O–H groups in total. The highest BCUT2D eigenvalue weighted by atomic mass is 15.0. The maximum Gasteiger partial charge on any atom is 0.0991 e. The quantitative estimate of drug-likeness (QED) is 0.368. The summed E-state index contributed by atoms with van der Waals surface area (Å²) in [4.78, 5) is 0. The monoisotopic (exact) mass is 344 g/mol. The van der Waals surface area contributed by atoms with Crippen LogP contribution in [0.4, 0.5) is 0 Å². The highest BCUT2D eigenvalue weighted by Gasteiger charge is 2.12. The molecule has 0 saturated carbocycles. The Morgan fingerprint density at radius 3 is 2.19 bits per heavy atom. The number of para-hydroxylation sites is 2. The molecule has 2 nitrogen and oxygen atoms in total. The van der Waals surface area contributed by atoms with Gasteiger partial charge < -0.3 is 4.57 Å². The molecule has 0 spiro atoms. The summed E-state index contributed by atoms with van der Waals surface area (Å²) in [6.45, 7) is 0. The van der Waals surface area contributed by atoms with E-state index in [1.807, 2.05) is 24.3 Å². The lowest BCUT2D eigenvalue weighted by atomic mass is 10.0. The molecule has 0 aliphatic carbocycles. The fraction of sp³-hybridized carbons (Fsp3) is 0. The maximum absolute atomic E-state index is 9.20. The molecule has 5 aromatic rings. The van der Waals surface area contributed by atoms with Crippen molar-refractivity contribution in [1.29, 1.82) is 5.26 Å². The van der Waals surface area contributed by atoms with Crippen molar-refractivity contribution in [1.82, 2.24) is 4.57 Å². The first-order valence-electron chi connectivity index (χ1n) is 8.94. The molecular formula is C25H16N2. The van der Waals surface area contributed by atoms with Crippen LogP contribution in [0.1, 0.15) is 5.56 Å². The molecule has 4 aromatic carbocycles. The Hall–Kier alpha value is -3.83. The summed E-state index contributed by atoms with van der Waals surface area (Å²) in [5.74, 6) is 0. The van der Waals surface area contributed by atoms with E-state index in [1.165, 1.54) is 21.8 Å². The summed E-state index contributed by atoms with van der Waals surface area (Å²) in [5, 5.41) is 11.6. The molecule has 0 aliphatic heterocycles. The van der Waals surface area contributed by atoms with Crippen LogP contribution in [-0.4, -0.2) is 4.57 Å². The molecule has 27 heavy (non-hydrogen) atoms. The standard InChI is InChI=1S/C25H16N2/c26-17-18-7-6-8-19(15-18)20-13-14-25-23(16-20)22-11-4-5-12-24(22)27(25)21-9-2-1-3-10-21/h1-16H. The lowest BCUT2D eigenvalue weighted by molar-refractivity contribution is 1.18. The van der Waals surface area contributed by atoms with Crippen LogP contribution in [0.3, 0.4) is 0 Å². The van der Waals surface area contributed by atoms with Crippen molar-refractivity contribution in [3.8, 4) is 22.9 Å². The average Bonchev–Trinajstić information content (AvgIpc) is 3.08. The first kappa shape index (κ1) is 15.4. The topological polar surface area (TPSA) is 28.7 Å². The second-order valence-corrected chi connectivity index (χ2v) is 6.61. The van der Waals surface area contributed by atoms with Gasteiger partial charge in [-0.2, -0.15) is 5.26 Å². The summed E-state index contributed by atoms with van der Waals surface area (Å²) in [6.07, 6.45) is 0. The van der Waals surface area contributed by atoms with Crippen molar-refractivity contribution in [2.24, 2.45) is 0 Å². The molecule has 0 saturated heterocycles. The van der Waals surface area contributed by atoms with Gasteiger partial charge in [0.05, 0.1) is 22.7 Å². The highest BCUT2D eigenvalue weighted by Crippen LogP contribution is 2.34. The summed E-state index contributed by atoms with van der Waals surface area (Å²) in [6, 6.07) is 35.5. The van der Waals surface area contributed by atoms with E-state index in [2.05, 4.69) is 83.4 Å². The van der Waals surface area contributed by atoms with Gasteiger partial charge in [-0.05, 0) is 53.6 Å². The number of rotatable bonds is 2. The lowest BCUT2D eigenvalue weighted by Gasteiger charge is -2.08. The van der Waals surface area contributed by atoms with Gasteiger partial charge >= 0.3 is 0 Å². The summed E-state index contributed by atoms with van der Waals surface area (Å²) in [5.41, 5.74) is 6.40. The van der Waals surface area contributed by atoms with Crippen LogP contribution in [0.15, 0.2) is 97.1 Å². The number of hydrogen-bond donors (Lipinski definition) is 0. The molecule has 0 unspecified atom stereocenters. The van der Waals surface area contributed by atoms with E-state index in [9.17, 15) is 5.26 Å². The third-order valence-electron chi connectivity index (χ3n) is 5.01. The van der Waals surface area contributed by atoms with Gasteiger partial charge in [-0.25, -0.2) is 0 Å². The van der Waals surface area contributed by atoms with E-state index >= 15 is 0 Å². The minimum absolute atomic E-state index is 0.680. The second kappa shape index (κ2) is 6.16. The lowest BCUT2D eigenvalue weighted by Crippen LogP contribution is -1.92. The number of nitriles is 1. The summed E-state index contributed by atoms with van der Waals surface area (Å²) >= 11 is 0. The van der Waals surface area contributed by atoms with Gasteiger partial charge in [-0.3, -0.25) is 0 Å². The highest BCUT2D eigenvalue weighted by molar-refractivity contribution is 6.10. The molecule has 126 valence electrons. The molecule has 0 bridgehead atoms. The number of nitrogens with zero attached hydrogens (tertiary/aromatic N) is 2. The molecule has 0 aliphatic rings. The van der Waals surface area contributed by atoms with Crippen LogP contribution >= 0.6 is 0 Å². The molecular weight excluding hydrogens is 328 g/mol. The summed E-state index contributed by atoms with van der Waals surface area (Å²) in [7, 11) is 0. The van der Waals surface area contributed by atoms with E-state index in [1.54, 1.807) is 0 Å². The van der Waals surface area contributed by atoms with Gasteiger partial charge in [0, 0.05) is 16.5 Å². The zero-order chi connectivity index (χ0) is 18.2. The minimum Gasteiger partial charge on any atom is -0.309 e. The van der Waals surface area contributed by atoms with E-state index in [-0.39, 0.29) is 0 Å². The van der Waals surface area contributed by atoms with Gasteiger partial charge in [0.15, 0.2) is 0 Å². The molecule has 5 rings (SSSR count). The summed E-state index contributed by atoms with van der Waals surface area (Å²) < 4.78 is 2.31. The van der Waals surface area contributed by atoms with E-state index in [0.717, 1.165) is 16.8 Å². The first-order valence-corrected chi connectivity index (χ1v) is 8.94. The van der Waals surface area contributed by atoms with Crippen LogP contribution in [0.25, 0.3) is 38.6 Å². The predicted octanol–water partition coefficient (Wildman–Crippen LogP) is 6.32. The smallest absolute Gasteiger partial charge is 0.0991 e. The Morgan fingerprint density at radius 2 is 1.33 bits per heavy atom. The third kappa shape index (κ3) is 2.49. The fourth-order valence-corrected chi connectivity index (χ4v) is 3.78. The average molecular weight is 344 g/mol. The predicted molar refractivity (Wildman–Crippen MR) is 111 cm³/mol.